The first kappa shape index (κ1) is 15.6. The highest BCUT2D eigenvalue weighted by molar-refractivity contribution is 7.99. The Bertz CT molecular complexity index is 795. The third kappa shape index (κ3) is 3.74. The normalized spacial score (nSPS) is 10.9. The fourth-order valence-electron chi connectivity index (χ4n) is 2.37. The van der Waals surface area contributed by atoms with Gasteiger partial charge in [0.05, 0.1) is 16.8 Å². The number of H-pyrrole nitrogens is 1. The van der Waals surface area contributed by atoms with Gasteiger partial charge in [-0.3, -0.25) is 4.79 Å². The molecule has 3 aromatic rings. The van der Waals surface area contributed by atoms with Crippen molar-refractivity contribution in [2.24, 2.45) is 0 Å². The van der Waals surface area contributed by atoms with Gasteiger partial charge in [0, 0.05) is 13.6 Å². The van der Waals surface area contributed by atoms with Crippen molar-refractivity contribution in [3.05, 3.63) is 59.7 Å². The fraction of sp³-hybridized carbons (Fsp3) is 0.222. The molecule has 0 fully saturated rings. The molecule has 3 rings (SSSR count). The van der Waals surface area contributed by atoms with Crippen molar-refractivity contribution in [1.29, 1.82) is 0 Å². The summed E-state index contributed by atoms with van der Waals surface area (Å²) in [7, 11) is 1.84. The van der Waals surface area contributed by atoms with Crippen molar-refractivity contribution in [3.8, 4) is 0 Å². The predicted molar refractivity (Wildman–Crippen MR) is 94.5 cm³/mol. The second kappa shape index (κ2) is 6.87. The molecule has 2 aromatic carbocycles. The van der Waals surface area contributed by atoms with E-state index in [2.05, 4.69) is 29.0 Å². The lowest BCUT2D eigenvalue weighted by Crippen LogP contribution is -2.28. The minimum Gasteiger partial charge on any atom is -0.341 e. The third-order valence-electron chi connectivity index (χ3n) is 3.79. The summed E-state index contributed by atoms with van der Waals surface area (Å²) < 4.78 is 0. The smallest absolute Gasteiger partial charge is 0.233 e. The Hall–Kier alpha value is -2.27. The van der Waals surface area contributed by atoms with E-state index < -0.39 is 0 Å². The minimum atomic E-state index is 0.0960. The summed E-state index contributed by atoms with van der Waals surface area (Å²) in [5.74, 6) is 0.473. The number of aromatic nitrogens is 2. The monoisotopic (exact) mass is 325 g/mol. The number of amides is 1. The number of rotatable bonds is 5. The SMILES string of the molecule is Cc1ccccc1CN(C)C(=O)CSc1nc2ccccc2[nH]1. The number of carbonyl (C=O) groups is 1. The van der Waals surface area contributed by atoms with Crippen LogP contribution < -0.4 is 0 Å². The van der Waals surface area contributed by atoms with Gasteiger partial charge in [0.1, 0.15) is 0 Å². The number of imidazole rings is 1. The first-order valence-corrected chi connectivity index (χ1v) is 8.48. The van der Waals surface area contributed by atoms with E-state index >= 15 is 0 Å². The molecule has 0 saturated carbocycles. The van der Waals surface area contributed by atoms with Gasteiger partial charge in [-0.15, -0.1) is 0 Å². The van der Waals surface area contributed by atoms with E-state index in [0.717, 1.165) is 16.2 Å². The molecule has 0 radical (unpaired) electrons. The number of hydrogen-bond donors (Lipinski definition) is 1. The van der Waals surface area contributed by atoms with Crippen LogP contribution in [0.15, 0.2) is 53.7 Å². The van der Waals surface area contributed by atoms with Gasteiger partial charge in [-0.05, 0) is 30.2 Å². The van der Waals surface area contributed by atoms with Gasteiger partial charge in [0.15, 0.2) is 5.16 Å². The lowest BCUT2D eigenvalue weighted by Gasteiger charge is -2.18. The molecule has 4 nitrogen and oxygen atoms in total. The number of thioether (sulfide) groups is 1. The Balaban J connectivity index is 1.59. The predicted octanol–water partition coefficient (Wildman–Crippen LogP) is 3.62. The number of fused-ring (bicyclic) bond motifs is 1. The van der Waals surface area contributed by atoms with Crippen molar-refractivity contribution >= 4 is 28.7 Å². The van der Waals surface area contributed by atoms with Crippen LogP contribution in [0.3, 0.4) is 0 Å². The molecule has 23 heavy (non-hydrogen) atoms. The van der Waals surface area contributed by atoms with Crippen molar-refractivity contribution in [2.45, 2.75) is 18.6 Å². The van der Waals surface area contributed by atoms with Crippen LogP contribution in [0.5, 0.6) is 0 Å². The van der Waals surface area contributed by atoms with Gasteiger partial charge in [0.2, 0.25) is 5.91 Å². The lowest BCUT2D eigenvalue weighted by atomic mass is 10.1. The number of nitrogens with zero attached hydrogens (tertiary/aromatic N) is 2. The molecule has 1 N–H and O–H groups in total. The summed E-state index contributed by atoms with van der Waals surface area (Å²) in [5.41, 5.74) is 4.31. The van der Waals surface area contributed by atoms with E-state index in [4.69, 9.17) is 0 Å². The van der Waals surface area contributed by atoms with Crippen molar-refractivity contribution in [3.63, 3.8) is 0 Å². The number of nitrogens with one attached hydrogen (secondary N) is 1. The minimum absolute atomic E-state index is 0.0960. The molecular formula is C18H19N3OS. The van der Waals surface area contributed by atoms with Gasteiger partial charge in [-0.25, -0.2) is 4.98 Å². The first-order valence-electron chi connectivity index (χ1n) is 7.49. The van der Waals surface area contributed by atoms with Crippen LogP contribution in [-0.4, -0.2) is 33.6 Å². The second-order valence-corrected chi connectivity index (χ2v) is 6.49. The van der Waals surface area contributed by atoms with Gasteiger partial charge in [0.25, 0.3) is 0 Å². The molecule has 0 aliphatic heterocycles. The highest BCUT2D eigenvalue weighted by Gasteiger charge is 2.12. The van der Waals surface area contributed by atoms with Crippen LogP contribution in [0.25, 0.3) is 11.0 Å². The Kier molecular flexibility index (Phi) is 4.67. The maximum atomic E-state index is 12.3. The Morgan fingerprint density at radius 1 is 1.17 bits per heavy atom. The fourth-order valence-corrected chi connectivity index (χ4v) is 3.19. The van der Waals surface area contributed by atoms with Gasteiger partial charge < -0.3 is 9.88 Å². The van der Waals surface area contributed by atoms with Crippen molar-refractivity contribution in [1.82, 2.24) is 14.9 Å². The summed E-state index contributed by atoms with van der Waals surface area (Å²) >= 11 is 1.44. The topological polar surface area (TPSA) is 49.0 Å². The average Bonchev–Trinajstić information content (AvgIpc) is 2.97. The zero-order valence-electron chi connectivity index (χ0n) is 13.2. The summed E-state index contributed by atoms with van der Waals surface area (Å²) in [4.78, 5) is 21.8. The number of hydrogen-bond acceptors (Lipinski definition) is 3. The summed E-state index contributed by atoms with van der Waals surface area (Å²) in [6.45, 7) is 2.70. The lowest BCUT2D eigenvalue weighted by molar-refractivity contribution is -0.127. The van der Waals surface area contributed by atoms with Crippen molar-refractivity contribution in [2.75, 3.05) is 12.8 Å². The van der Waals surface area contributed by atoms with Crippen LogP contribution in [0, 0.1) is 6.92 Å². The number of carbonyl (C=O) groups excluding carboxylic acids is 1. The van der Waals surface area contributed by atoms with E-state index in [9.17, 15) is 4.79 Å². The molecule has 0 aliphatic rings. The number of benzene rings is 2. The van der Waals surface area contributed by atoms with E-state index in [1.807, 2.05) is 43.4 Å². The molecule has 0 unspecified atom stereocenters. The molecule has 0 atom stereocenters. The van der Waals surface area contributed by atoms with Crippen LogP contribution in [-0.2, 0) is 11.3 Å². The van der Waals surface area contributed by atoms with Gasteiger partial charge >= 0.3 is 0 Å². The second-order valence-electron chi connectivity index (χ2n) is 5.52. The largest absolute Gasteiger partial charge is 0.341 e. The highest BCUT2D eigenvalue weighted by Crippen LogP contribution is 2.19. The number of aromatic amines is 1. The summed E-state index contributed by atoms with van der Waals surface area (Å²) in [6, 6.07) is 16.0. The average molecular weight is 325 g/mol. The van der Waals surface area contributed by atoms with Crippen LogP contribution >= 0.6 is 11.8 Å². The molecule has 1 amide bonds. The molecule has 1 aromatic heterocycles. The van der Waals surface area contributed by atoms with Crippen LogP contribution in [0.2, 0.25) is 0 Å². The third-order valence-corrected chi connectivity index (χ3v) is 4.65. The van der Waals surface area contributed by atoms with Gasteiger partial charge in [-0.1, -0.05) is 48.2 Å². The van der Waals surface area contributed by atoms with Crippen molar-refractivity contribution < 1.29 is 4.79 Å². The quantitative estimate of drug-likeness (QED) is 0.729. The molecular weight excluding hydrogens is 306 g/mol. The summed E-state index contributed by atoms with van der Waals surface area (Å²) in [6.07, 6.45) is 0. The maximum Gasteiger partial charge on any atom is 0.233 e. The van der Waals surface area contributed by atoms with E-state index in [1.165, 1.54) is 22.9 Å². The molecule has 0 aliphatic carbocycles. The number of aryl methyl sites for hydroxylation is 1. The molecule has 0 saturated heterocycles. The standard InChI is InChI=1S/C18H19N3OS/c1-13-7-3-4-8-14(13)11-21(2)17(22)12-23-18-19-15-9-5-6-10-16(15)20-18/h3-10H,11-12H2,1-2H3,(H,19,20). The molecule has 1 heterocycles. The molecule has 0 bridgehead atoms. The van der Waals surface area contributed by atoms with E-state index in [0.29, 0.717) is 12.3 Å². The zero-order chi connectivity index (χ0) is 16.2. The van der Waals surface area contributed by atoms with E-state index in [-0.39, 0.29) is 5.91 Å². The van der Waals surface area contributed by atoms with Crippen LogP contribution in [0.1, 0.15) is 11.1 Å². The highest BCUT2D eigenvalue weighted by atomic mass is 32.2. The molecule has 5 heteroatoms. The zero-order valence-corrected chi connectivity index (χ0v) is 14.1. The first-order chi connectivity index (χ1) is 11.1. The Labute approximate surface area is 139 Å². The Morgan fingerprint density at radius 3 is 2.70 bits per heavy atom. The number of para-hydroxylation sites is 2. The maximum absolute atomic E-state index is 12.3. The van der Waals surface area contributed by atoms with Gasteiger partial charge in [-0.2, -0.15) is 0 Å². The molecule has 0 spiro atoms. The molecule has 118 valence electrons. The Morgan fingerprint density at radius 2 is 1.91 bits per heavy atom. The van der Waals surface area contributed by atoms with E-state index in [1.54, 1.807) is 4.90 Å². The van der Waals surface area contributed by atoms with Crippen LogP contribution in [0.4, 0.5) is 0 Å². The summed E-state index contributed by atoms with van der Waals surface area (Å²) in [5, 5.41) is 0.781.